The van der Waals surface area contributed by atoms with Gasteiger partial charge in [-0.15, -0.1) is 0 Å². The summed E-state index contributed by atoms with van der Waals surface area (Å²) in [6.07, 6.45) is 3.15. The van der Waals surface area contributed by atoms with Crippen molar-refractivity contribution in [2.75, 3.05) is 0 Å². The minimum absolute atomic E-state index is 0.456. The molecule has 1 N–H and O–H groups in total. The van der Waals surface area contributed by atoms with Crippen LogP contribution in [0.2, 0.25) is 0 Å². The van der Waals surface area contributed by atoms with E-state index in [4.69, 9.17) is 0 Å². The highest BCUT2D eigenvalue weighted by atomic mass is 16.3. The largest absolute Gasteiger partial charge is 0.389 e. The van der Waals surface area contributed by atoms with Gasteiger partial charge in [-0.3, -0.25) is 4.68 Å². The van der Waals surface area contributed by atoms with Crippen molar-refractivity contribution in [3.05, 3.63) is 53.3 Å². The molecular weight excluding hydrogens is 224 g/mol. The third-order valence-corrected chi connectivity index (χ3v) is 3.13. The Labute approximate surface area is 108 Å². The standard InChI is InChI=1S/C15H20N2O/c1-11(2)14-6-4-13(5-7-14)9-17-10-15(8-16-17)12(3)18/h4-8,10-12,18H,9H2,1-3H3. The van der Waals surface area contributed by atoms with E-state index in [9.17, 15) is 5.11 Å². The maximum absolute atomic E-state index is 9.45. The molecule has 0 aliphatic carbocycles. The molecule has 0 spiro atoms. The van der Waals surface area contributed by atoms with Gasteiger partial charge in [-0.1, -0.05) is 38.1 Å². The van der Waals surface area contributed by atoms with Crippen molar-refractivity contribution in [1.82, 2.24) is 9.78 Å². The average molecular weight is 244 g/mol. The van der Waals surface area contributed by atoms with Gasteiger partial charge >= 0.3 is 0 Å². The van der Waals surface area contributed by atoms with Crippen LogP contribution in [-0.2, 0) is 6.54 Å². The average Bonchev–Trinajstić information content (AvgIpc) is 2.78. The molecule has 0 radical (unpaired) electrons. The fourth-order valence-electron chi connectivity index (χ4n) is 1.88. The molecule has 1 aromatic carbocycles. The van der Waals surface area contributed by atoms with Crippen molar-refractivity contribution in [3.8, 4) is 0 Å². The third-order valence-electron chi connectivity index (χ3n) is 3.13. The van der Waals surface area contributed by atoms with E-state index in [1.165, 1.54) is 11.1 Å². The number of nitrogens with zero attached hydrogens (tertiary/aromatic N) is 2. The van der Waals surface area contributed by atoms with E-state index in [0.717, 1.165) is 12.1 Å². The van der Waals surface area contributed by atoms with E-state index in [-0.39, 0.29) is 0 Å². The van der Waals surface area contributed by atoms with Crippen molar-refractivity contribution in [2.24, 2.45) is 0 Å². The van der Waals surface area contributed by atoms with Crippen LogP contribution in [0, 0.1) is 0 Å². The van der Waals surface area contributed by atoms with E-state index in [2.05, 4.69) is 43.2 Å². The number of hydrogen-bond acceptors (Lipinski definition) is 2. The Morgan fingerprint density at radius 3 is 2.28 bits per heavy atom. The van der Waals surface area contributed by atoms with Crippen LogP contribution in [-0.4, -0.2) is 14.9 Å². The molecule has 0 aliphatic heterocycles. The van der Waals surface area contributed by atoms with Gasteiger partial charge in [-0.2, -0.15) is 5.10 Å². The van der Waals surface area contributed by atoms with E-state index < -0.39 is 6.10 Å². The molecule has 18 heavy (non-hydrogen) atoms. The smallest absolute Gasteiger partial charge is 0.0792 e. The van der Waals surface area contributed by atoms with Crippen LogP contribution >= 0.6 is 0 Å². The zero-order chi connectivity index (χ0) is 13.1. The molecule has 0 saturated carbocycles. The SMILES string of the molecule is CC(C)c1ccc(Cn2cc(C(C)O)cn2)cc1. The van der Waals surface area contributed by atoms with Crippen LogP contribution < -0.4 is 0 Å². The Bertz CT molecular complexity index is 497. The first-order valence-corrected chi connectivity index (χ1v) is 6.35. The molecule has 0 bridgehead atoms. The first-order valence-electron chi connectivity index (χ1n) is 6.35. The van der Waals surface area contributed by atoms with Crippen LogP contribution in [0.25, 0.3) is 0 Å². The molecule has 3 heteroatoms. The second-order valence-corrected chi connectivity index (χ2v) is 5.04. The zero-order valence-corrected chi connectivity index (χ0v) is 11.2. The molecule has 0 amide bonds. The second-order valence-electron chi connectivity index (χ2n) is 5.04. The summed E-state index contributed by atoms with van der Waals surface area (Å²) in [5.74, 6) is 0.561. The molecule has 1 aromatic heterocycles. The summed E-state index contributed by atoms with van der Waals surface area (Å²) in [4.78, 5) is 0. The van der Waals surface area contributed by atoms with Gasteiger partial charge in [0, 0.05) is 11.8 Å². The number of benzene rings is 1. The predicted molar refractivity (Wildman–Crippen MR) is 72.5 cm³/mol. The summed E-state index contributed by atoms with van der Waals surface area (Å²) >= 11 is 0. The van der Waals surface area contributed by atoms with E-state index in [1.807, 2.05) is 10.9 Å². The van der Waals surface area contributed by atoms with Crippen molar-refractivity contribution >= 4 is 0 Å². The van der Waals surface area contributed by atoms with Crippen LogP contribution in [0.3, 0.4) is 0 Å². The number of aromatic nitrogens is 2. The van der Waals surface area contributed by atoms with E-state index in [0.29, 0.717) is 5.92 Å². The molecule has 96 valence electrons. The highest BCUT2D eigenvalue weighted by Crippen LogP contribution is 2.16. The Hall–Kier alpha value is -1.61. The van der Waals surface area contributed by atoms with Crippen molar-refractivity contribution in [1.29, 1.82) is 0 Å². The predicted octanol–water partition coefficient (Wildman–Crippen LogP) is 3.11. The first-order chi connectivity index (χ1) is 8.56. The van der Waals surface area contributed by atoms with Gasteiger partial charge in [-0.05, 0) is 24.0 Å². The monoisotopic (exact) mass is 244 g/mol. The molecular formula is C15H20N2O. The van der Waals surface area contributed by atoms with Gasteiger partial charge in [0.2, 0.25) is 0 Å². The van der Waals surface area contributed by atoms with Crippen LogP contribution in [0.4, 0.5) is 0 Å². The fourth-order valence-corrected chi connectivity index (χ4v) is 1.88. The minimum Gasteiger partial charge on any atom is -0.389 e. The summed E-state index contributed by atoms with van der Waals surface area (Å²) in [5, 5.41) is 13.7. The number of rotatable bonds is 4. The van der Waals surface area contributed by atoms with Crippen LogP contribution in [0.15, 0.2) is 36.7 Å². The Kier molecular flexibility index (Phi) is 3.82. The molecule has 3 nitrogen and oxygen atoms in total. The third kappa shape index (κ3) is 2.99. The summed E-state index contributed by atoms with van der Waals surface area (Å²) < 4.78 is 1.85. The zero-order valence-electron chi connectivity index (χ0n) is 11.2. The number of aliphatic hydroxyl groups is 1. The lowest BCUT2D eigenvalue weighted by Crippen LogP contribution is -2.00. The molecule has 0 fully saturated rings. The molecule has 0 aliphatic rings. The fraction of sp³-hybridized carbons (Fsp3) is 0.400. The molecule has 2 aromatic rings. The van der Waals surface area contributed by atoms with E-state index >= 15 is 0 Å². The van der Waals surface area contributed by atoms with Crippen molar-refractivity contribution < 1.29 is 5.11 Å². The topological polar surface area (TPSA) is 38.0 Å². The van der Waals surface area contributed by atoms with Gasteiger partial charge in [0.25, 0.3) is 0 Å². The van der Waals surface area contributed by atoms with Gasteiger partial charge in [0.1, 0.15) is 0 Å². The molecule has 2 rings (SSSR count). The van der Waals surface area contributed by atoms with E-state index in [1.54, 1.807) is 13.1 Å². The lowest BCUT2D eigenvalue weighted by molar-refractivity contribution is 0.199. The summed E-state index contributed by atoms with van der Waals surface area (Å²) in [7, 11) is 0. The van der Waals surface area contributed by atoms with Gasteiger partial charge in [-0.25, -0.2) is 0 Å². The van der Waals surface area contributed by atoms with Crippen molar-refractivity contribution in [2.45, 2.75) is 39.3 Å². The van der Waals surface area contributed by atoms with Gasteiger partial charge in [0.05, 0.1) is 18.8 Å². The summed E-state index contributed by atoms with van der Waals surface area (Å²) in [5.41, 5.74) is 3.43. The highest BCUT2D eigenvalue weighted by Gasteiger charge is 2.05. The maximum atomic E-state index is 9.45. The lowest BCUT2D eigenvalue weighted by atomic mass is 10.0. The maximum Gasteiger partial charge on any atom is 0.0792 e. The molecule has 1 unspecified atom stereocenters. The first kappa shape index (κ1) is 12.8. The highest BCUT2D eigenvalue weighted by molar-refractivity contribution is 5.25. The second kappa shape index (κ2) is 5.36. The van der Waals surface area contributed by atoms with Crippen LogP contribution in [0.1, 0.15) is 49.5 Å². The van der Waals surface area contributed by atoms with Crippen molar-refractivity contribution in [3.63, 3.8) is 0 Å². The minimum atomic E-state index is -0.456. The Balaban J connectivity index is 2.08. The normalized spacial score (nSPS) is 12.9. The quantitative estimate of drug-likeness (QED) is 0.897. The number of aliphatic hydroxyl groups excluding tert-OH is 1. The summed E-state index contributed by atoms with van der Waals surface area (Å²) in [6, 6.07) is 8.61. The Morgan fingerprint density at radius 2 is 1.78 bits per heavy atom. The van der Waals surface area contributed by atoms with Gasteiger partial charge in [0.15, 0.2) is 0 Å². The Morgan fingerprint density at radius 1 is 1.11 bits per heavy atom. The molecule has 1 heterocycles. The molecule has 0 saturated heterocycles. The molecule has 1 atom stereocenters. The summed E-state index contributed by atoms with van der Waals surface area (Å²) in [6.45, 7) is 6.87. The van der Waals surface area contributed by atoms with Crippen LogP contribution in [0.5, 0.6) is 0 Å². The van der Waals surface area contributed by atoms with Gasteiger partial charge < -0.3 is 5.11 Å². The lowest BCUT2D eigenvalue weighted by Gasteiger charge is -2.07. The number of hydrogen-bond donors (Lipinski definition) is 1.